The molecule has 0 amide bonds. The van der Waals surface area contributed by atoms with E-state index >= 15 is 0 Å². The molecule has 1 aromatic heterocycles. The Morgan fingerprint density at radius 1 is 1.47 bits per heavy atom. The molecule has 0 aromatic carbocycles. The van der Waals surface area contributed by atoms with Crippen molar-refractivity contribution in [3.63, 3.8) is 0 Å². The fraction of sp³-hybridized carbons (Fsp3) is 0.667. The maximum Gasteiger partial charge on any atom is 0.0480 e. The van der Waals surface area contributed by atoms with Gasteiger partial charge in [-0.25, -0.2) is 0 Å². The minimum atomic E-state index is 0.638. The van der Waals surface area contributed by atoms with Crippen LogP contribution in [0.25, 0.3) is 0 Å². The molecule has 0 spiro atoms. The number of hydrogen-bond donors (Lipinski definition) is 1. The van der Waals surface area contributed by atoms with Crippen molar-refractivity contribution >= 4 is 0 Å². The smallest absolute Gasteiger partial charge is 0.0480 e. The van der Waals surface area contributed by atoms with Gasteiger partial charge in [-0.2, -0.15) is 0 Å². The second-order valence-corrected chi connectivity index (χ2v) is 4.05. The highest BCUT2D eigenvalue weighted by molar-refractivity contribution is 5.06. The molecule has 0 saturated carbocycles. The summed E-state index contributed by atoms with van der Waals surface area (Å²) in [6, 6.07) is 4.94. The zero-order valence-electron chi connectivity index (χ0n) is 9.41. The Morgan fingerprint density at radius 2 is 2.27 bits per heavy atom. The summed E-state index contributed by atoms with van der Waals surface area (Å²) in [4.78, 5) is 0. The lowest BCUT2D eigenvalue weighted by Crippen LogP contribution is -2.34. The average molecular weight is 208 g/mol. The van der Waals surface area contributed by atoms with Gasteiger partial charge in [0.2, 0.25) is 0 Å². The minimum absolute atomic E-state index is 0.638. The van der Waals surface area contributed by atoms with Crippen molar-refractivity contribution in [3.05, 3.63) is 24.0 Å². The number of hydrogen-bond acceptors (Lipinski definition) is 2. The van der Waals surface area contributed by atoms with Gasteiger partial charge in [-0.15, -0.1) is 0 Å². The lowest BCUT2D eigenvalue weighted by Gasteiger charge is -2.23. The Bertz CT molecular complexity index is 290. The number of nitrogens with one attached hydrogen (secondary N) is 1. The largest absolute Gasteiger partial charge is 0.381 e. The van der Waals surface area contributed by atoms with Crippen molar-refractivity contribution in [1.29, 1.82) is 0 Å². The fourth-order valence-electron chi connectivity index (χ4n) is 2.07. The van der Waals surface area contributed by atoms with E-state index in [0.29, 0.717) is 6.04 Å². The molecule has 1 aliphatic heterocycles. The van der Waals surface area contributed by atoms with Crippen molar-refractivity contribution in [2.45, 2.75) is 38.9 Å². The zero-order chi connectivity index (χ0) is 10.5. The summed E-state index contributed by atoms with van der Waals surface area (Å²) in [6.45, 7) is 6.03. The van der Waals surface area contributed by atoms with Gasteiger partial charge in [0.05, 0.1) is 0 Å². The summed E-state index contributed by atoms with van der Waals surface area (Å²) < 4.78 is 7.62. The second kappa shape index (κ2) is 5.33. The Morgan fingerprint density at radius 3 is 3.00 bits per heavy atom. The standard InChI is InChI=1S/C12H20N2O/c1-2-14-7-3-4-12(14)10-13-11-5-8-15-9-6-11/h3-4,7,11,13H,2,5-6,8-10H2,1H3. The Kier molecular flexibility index (Phi) is 3.80. The molecule has 1 fully saturated rings. The van der Waals surface area contributed by atoms with Crippen LogP contribution in [0.1, 0.15) is 25.5 Å². The van der Waals surface area contributed by atoms with Crippen LogP contribution in [0.5, 0.6) is 0 Å². The number of ether oxygens (including phenoxy) is 1. The molecule has 0 atom stereocenters. The molecule has 2 rings (SSSR count). The second-order valence-electron chi connectivity index (χ2n) is 4.05. The molecule has 3 nitrogen and oxygen atoms in total. The molecule has 0 radical (unpaired) electrons. The van der Waals surface area contributed by atoms with Gasteiger partial charge in [0.1, 0.15) is 0 Å². The van der Waals surface area contributed by atoms with E-state index in [9.17, 15) is 0 Å². The molecule has 15 heavy (non-hydrogen) atoms. The molecule has 0 bridgehead atoms. The quantitative estimate of drug-likeness (QED) is 0.816. The number of nitrogens with zero attached hydrogens (tertiary/aromatic N) is 1. The van der Waals surface area contributed by atoms with Crippen LogP contribution in [0.15, 0.2) is 18.3 Å². The van der Waals surface area contributed by atoms with Crippen LogP contribution in [0.4, 0.5) is 0 Å². The van der Waals surface area contributed by atoms with Gasteiger partial charge in [0, 0.05) is 44.2 Å². The molecule has 84 valence electrons. The van der Waals surface area contributed by atoms with Crippen LogP contribution in [0, 0.1) is 0 Å². The molecule has 1 aromatic rings. The summed E-state index contributed by atoms with van der Waals surface area (Å²) >= 11 is 0. The SMILES string of the molecule is CCn1cccc1CNC1CCOCC1. The first-order chi connectivity index (χ1) is 7.40. The number of rotatable bonds is 4. The van der Waals surface area contributed by atoms with Crippen LogP contribution in [-0.4, -0.2) is 23.8 Å². The van der Waals surface area contributed by atoms with E-state index in [-0.39, 0.29) is 0 Å². The van der Waals surface area contributed by atoms with Gasteiger partial charge in [0.25, 0.3) is 0 Å². The third-order valence-electron chi connectivity index (χ3n) is 3.06. The molecular weight excluding hydrogens is 188 g/mol. The molecule has 3 heteroatoms. The van der Waals surface area contributed by atoms with Crippen molar-refractivity contribution < 1.29 is 4.74 Å². The summed E-state index contributed by atoms with van der Waals surface area (Å²) in [6.07, 6.45) is 4.43. The highest BCUT2D eigenvalue weighted by Crippen LogP contribution is 2.08. The van der Waals surface area contributed by atoms with Gasteiger partial charge in [-0.1, -0.05) is 0 Å². The van der Waals surface area contributed by atoms with E-state index in [1.165, 1.54) is 5.69 Å². The van der Waals surface area contributed by atoms with Crippen LogP contribution >= 0.6 is 0 Å². The predicted octanol–water partition coefficient (Wildman–Crippen LogP) is 1.78. The first-order valence-corrected chi connectivity index (χ1v) is 5.85. The molecule has 1 N–H and O–H groups in total. The van der Waals surface area contributed by atoms with Crippen LogP contribution in [0.2, 0.25) is 0 Å². The van der Waals surface area contributed by atoms with Gasteiger partial charge in [-0.3, -0.25) is 0 Å². The number of aryl methyl sites for hydroxylation is 1. The van der Waals surface area contributed by atoms with Gasteiger partial charge < -0.3 is 14.6 Å². The summed E-state index contributed by atoms with van der Waals surface area (Å²) in [5.74, 6) is 0. The monoisotopic (exact) mass is 208 g/mol. The van der Waals surface area contributed by atoms with Crippen LogP contribution in [0.3, 0.4) is 0 Å². The molecular formula is C12H20N2O. The van der Waals surface area contributed by atoms with E-state index in [0.717, 1.165) is 39.1 Å². The van der Waals surface area contributed by atoms with Crippen molar-refractivity contribution in [2.75, 3.05) is 13.2 Å². The lowest BCUT2D eigenvalue weighted by molar-refractivity contribution is 0.0774. The van der Waals surface area contributed by atoms with Crippen LogP contribution < -0.4 is 5.32 Å². The summed E-state index contributed by atoms with van der Waals surface area (Å²) in [7, 11) is 0. The Balaban J connectivity index is 1.81. The molecule has 2 heterocycles. The van der Waals surface area contributed by atoms with E-state index < -0.39 is 0 Å². The average Bonchev–Trinajstić information content (AvgIpc) is 2.75. The normalized spacial score (nSPS) is 18.2. The van der Waals surface area contributed by atoms with E-state index in [4.69, 9.17) is 4.74 Å². The Hall–Kier alpha value is -0.800. The van der Waals surface area contributed by atoms with Gasteiger partial charge in [-0.05, 0) is 31.9 Å². The predicted molar refractivity (Wildman–Crippen MR) is 60.8 cm³/mol. The zero-order valence-corrected chi connectivity index (χ0v) is 9.41. The molecule has 0 aliphatic carbocycles. The Labute approximate surface area is 91.4 Å². The molecule has 0 unspecified atom stereocenters. The maximum atomic E-state index is 5.34. The molecule has 1 saturated heterocycles. The van der Waals surface area contributed by atoms with Crippen molar-refractivity contribution in [1.82, 2.24) is 9.88 Å². The summed E-state index contributed by atoms with van der Waals surface area (Å²) in [5, 5.41) is 3.60. The highest BCUT2D eigenvalue weighted by Gasteiger charge is 2.13. The van der Waals surface area contributed by atoms with E-state index in [2.05, 4.69) is 35.1 Å². The maximum absolute atomic E-state index is 5.34. The van der Waals surface area contributed by atoms with Gasteiger partial charge >= 0.3 is 0 Å². The van der Waals surface area contributed by atoms with E-state index in [1.807, 2.05) is 0 Å². The minimum Gasteiger partial charge on any atom is -0.381 e. The van der Waals surface area contributed by atoms with Crippen LogP contribution in [-0.2, 0) is 17.8 Å². The third-order valence-corrected chi connectivity index (χ3v) is 3.06. The van der Waals surface area contributed by atoms with E-state index in [1.54, 1.807) is 0 Å². The van der Waals surface area contributed by atoms with Crippen molar-refractivity contribution in [3.8, 4) is 0 Å². The lowest BCUT2D eigenvalue weighted by atomic mass is 10.1. The summed E-state index contributed by atoms with van der Waals surface area (Å²) in [5.41, 5.74) is 1.38. The number of aromatic nitrogens is 1. The first-order valence-electron chi connectivity index (χ1n) is 5.85. The topological polar surface area (TPSA) is 26.2 Å². The van der Waals surface area contributed by atoms with Crippen molar-refractivity contribution in [2.24, 2.45) is 0 Å². The fourth-order valence-corrected chi connectivity index (χ4v) is 2.07. The third kappa shape index (κ3) is 2.83. The molecule has 1 aliphatic rings. The van der Waals surface area contributed by atoms with Gasteiger partial charge in [0.15, 0.2) is 0 Å². The first kappa shape index (κ1) is 10.7. The highest BCUT2D eigenvalue weighted by atomic mass is 16.5.